The summed E-state index contributed by atoms with van der Waals surface area (Å²) in [6.45, 7) is 3.19. The van der Waals surface area contributed by atoms with Crippen molar-refractivity contribution >= 4 is 23.2 Å². The van der Waals surface area contributed by atoms with Crippen molar-refractivity contribution in [1.82, 2.24) is 0 Å². The number of carbonyl (C=O) groups is 1. The van der Waals surface area contributed by atoms with E-state index in [0.29, 0.717) is 30.2 Å². The van der Waals surface area contributed by atoms with Crippen LogP contribution in [0.5, 0.6) is 0 Å². The molecule has 0 aliphatic rings. The van der Waals surface area contributed by atoms with Gasteiger partial charge < -0.3 is 15.2 Å². The van der Waals surface area contributed by atoms with E-state index in [0.717, 1.165) is 5.56 Å². The molecule has 5 heteroatoms. The van der Waals surface area contributed by atoms with Gasteiger partial charge in [0.1, 0.15) is 6.61 Å². The Kier molecular flexibility index (Phi) is 6.32. The van der Waals surface area contributed by atoms with Crippen LogP contribution in [0.15, 0.2) is 24.3 Å². The summed E-state index contributed by atoms with van der Waals surface area (Å²) in [5.41, 5.74) is 6.93. The number of carbonyl (C=O) groups excluding carboxylic acids is 1. The Bertz CT molecular complexity index is 403. The maximum Gasteiger partial charge on any atom is 0.338 e. The van der Waals surface area contributed by atoms with E-state index in [9.17, 15) is 4.79 Å². The van der Waals surface area contributed by atoms with Gasteiger partial charge in [-0.1, -0.05) is 24.4 Å². The lowest BCUT2D eigenvalue weighted by Gasteiger charge is -2.05. The fourth-order valence-corrected chi connectivity index (χ4v) is 1.55. The van der Waals surface area contributed by atoms with Crippen molar-refractivity contribution in [2.24, 2.45) is 5.73 Å². The fourth-order valence-electron chi connectivity index (χ4n) is 1.38. The van der Waals surface area contributed by atoms with Crippen LogP contribution in [0.1, 0.15) is 22.8 Å². The summed E-state index contributed by atoms with van der Waals surface area (Å²) in [6, 6.07) is 7.05. The van der Waals surface area contributed by atoms with Gasteiger partial charge in [-0.3, -0.25) is 0 Å². The van der Waals surface area contributed by atoms with Crippen LogP contribution in [-0.2, 0) is 15.9 Å². The molecular formula is C13H17NO3S. The minimum atomic E-state index is -0.350. The summed E-state index contributed by atoms with van der Waals surface area (Å²) >= 11 is 4.82. The molecule has 0 heterocycles. The van der Waals surface area contributed by atoms with E-state index in [4.69, 9.17) is 27.4 Å². The second-order valence-corrected chi connectivity index (χ2v) is 4.20. The highest BCUT2D eigenvalue weighted by molar-refractivity contribution is 7.80. The van der Waals surface area contributed by atoms with Gasteiger partial charge in [-0.25, -0.2) is 4.79 Å². The molecule has 0 spiro atoms. The number of hydrogen-bond donors (Lipinski definition) is 1. The van der Waals surface area contributed by atoms with E-state index in [1.807, 2.05) is 19.1 Å². The standard InChI is InChI=1S/C13H17NO3S/c1-2-16-7-8-17-13(15)11-5-3-10(4-6-11)9-12(14)18/h3-6H,2,7-9H2,1H3,(H2,14,18). The average molecular weight is 267 g/mol. The van der Waals surface area contributed by atoms with Gasteiger partial charge in [0.2, 0.25) is 0 Å². The number of thiocarbonyl (C=S) groups is 1. The normalized spacial score (nSPS) is 10.1. The summed E-state index contributed by atoms with van der Waals surface area (Å²) < 4.78 is 10.1. The average Bonchev–Trinajstić information content (AvgIpc) is 2.34. The molecule has 1 rings (SSSR count). The van der Waals surface area contributed by atoms with Gasteiger partial charge in [-0.2, -0.15) is 0 Å². The van der Waals surface area contributed by atoms with Crippen molar-refractivity contribution in [2.45, 2.75) is 13.3 Å². The van der Waals surface area contributed by atoms with E-state index >= 15 is 0 Å². The molecule has 0 radical (unpaired) electrons. The fraction of sp³-hybridized carbons (Fsp3) is 0.385. The van der Waals surface area contributed by atoms with Gasteiger partial charge in [-0.15, -0.1) is 0 Å². The van der Waals surface area contributed by atoms with Gasteiger partial charge >= 0.3 is 5.97 Å². The maximum absolute atomic E-state index is 11.6. The van der Waals surface area contributed by atoms with Gasteiger partial charge in [0.05, 0.1) is 17.2 Å². The molecule has 2 N–H and O–H groups in total. The Morgan fingerprint density at radius 2 is 1.94 bits per heavy atom. The monoisotopic (exact) mass is 267 g/mol. The van der Waals surface area contributed by atoms with Crippen LogP contribution in [0.4, 0.5) is 0 Å². The van der Waals surface area contributed by atoms with Gasteiger partial charge in [0.15, 0.2) is 0 Å². The van der Waals surface area contributed by atoms with Crippen molar-refractivity contribution in [3.8, 4) is 0 Å². The first-order valence-corrected chi connectivity index (χ1v) is 6.16. The molecule has 0 aliphatic heterocycles. The maximum atomic E-state index is 11.6. The third-order valence-corrected chi connectivity index (χ3v) is 2.38. The van der Waals surface area contributed by atoms with Crippen LogP contribution in [0.25, 0.3) is 0 Å². The number of nitrogens with two attached hydrogens (primary N) is 1. The van der Waals surface area contributed by atoms with Crippen LogP contribution < -0.4 is 5.73 Å². The predicted molar refractivity (Wildman–Crippen MR) is 73.7 cm³/mol. The lowest BCUT2D eigenvalue weighted by molar-refractivity contribution is 0.0335. The minimum absolute atomic E-state index is 0.265. The van der Waals surface area contributed by atoms with E-state index in [1.165, 1.54) is 0 Å². The molecule has 0 unspecified atom stereocenters. The summed E-state index contributed by atoms with van der Waals surface area (Å²) in [6.07, 6.45) is 0.537. The van der Waals surface area contributed by atoms with E-state index in [2.05, 4.69) is 0 Å². The largest absolute Gasteiger partial charge is 0.460 e. The molecule has 0 amide bonds. The molecule has 0 saturated carbocycles. The molecule has 0 aromatic heterocycles. The Hall–Kier alpha value is -1.46. The zero-order valence-corrected chi connectivity index (χ0v) is 11.2. The molecule has 1 aromatic carbocycles. The zero-order valence-electron chi connectivity index (χ0n) is 10.3. The third kappa shape index (κ3) is 5.25. The van der Waals surface area contributed by atoms with Crippen LogP contribution in [-0.4, -0.2) is 30.8 Å². The van der Waals surface area contributed by atoms with E-state index in [1.54, 1.807) is 12.1 Å². The second-order valence-electron chi connectivity index (χ2n) is 3.67. The Labute approximate surface area is 112 Å². The summed E-state index contributed by atoms with van der Waals surface area (Å²) in [4.78, 5) is 12.0. The molecule has 0 aliphatic carbocycles. The van der Waals surface area contributed by atoms with Crippen molar-refractivity contribution in [1.29, 1.82) is 0 Å². The second kappa shape index (κ2) is 7.79. The molecule has 0 atom stereocenters. The number of benzene rings is 1. The van der Waals surface area contributed by atoms with E-state index in [-0.39, 0.29) is 12.6 Å². The summed E-state index contributed by atoms with van der Waals surface area (Å²) in [5, 5.41) is 0. The smallest absolute Gasteiger partial charge is 0.338 e. The SMILES string of the molecule is CCOCCOC(=O)c1ccc(CC(N)=S)cc1. The zero-order chi connectivity index (χ0) is 13.4. The molecule has 0 saturated heterocycles. The first kappa shape index (κ1) is 14.6. The lowest BCUT2D eigenvalue weighted by Crippen LogP contribution is -2.12. The highest BCUT2D eigenvalue weighted by Gasteiger charge is 2.06. The van der Waals surface area contributed by atoms with Gasteiger partial charge in [0.25, 0.3) is 0 Å². The highest BCUT2D eigenvalue weighted by Crippen LogP contribution is 2.06. The molecule has 98 valence electrons. The van der Waals surface area contributed by atoms with E-state index < -0.39 is 0 Å². The first-order chi connectivity index (χ1) is 8.63. The predicted octanol–water partition coefficient (Wildman–Crippen LogP) is 1.71. The molecular weight excluding hydrogens is 250 g/mol. The van der Waals surface area contributed by atoms with Crippen molar-refractivity contribution in [3.05, 3.63) is 35.4 Å². The minimum Gasteiger partial charge on any atom is -0.460 e. The van der Waals surface area contributed by atoms with Crippen molar-refractivity contribution < 1.29 is 14.3 Å². The Balaban J connectivity index is 2.46. The van der Waals surface area contributed by atoms with Crippen molar-refractivity contribution in [3.63, 3.8) is 0 Å². The Morgan fingerprint density at radius 3 is 2.50 bits per heavy atom. The van der Waals surface area contributed by atoms with Crippen LogP contribution in [0.3, 0.4) is 0 Å². The third-order valence-electron chi connectivity index (χ3n) is 2.23. The van der Waals surface area contributed by atoms with Gasteiger partial charge in [0, 0.05) is 13.0 Å². The number of ether oxygens (including phenoxy) is 2. The number of esters is 1. The quantitative estimate of drug-likeness (QED) is 0.463. The van der Waals surface area contributed by atoms with Crippen LogP contribution >= 0.6 is 12.2 Å². The molecule has 0 fully saturated rings. The lowest BCUT2D eigenvalue weighted by atomic mass is 10.1. The molecule has 0 bridgehead atoms. The first-order valence-electron chi connectivity index (χ1n) is 5.75. The molecule has 4 nitrogen and oxygen atoms in total. The molecule has 1 aromatic rings. The number of rotatable bonds is 7. The van der Waals surface area contributed by atoms with Crippen LogP contribution in [0, 0.1) is 0 Å². The summed E-state index contributed by atoms with van der Waals surface area (Å²) in [5.74, 6) is -0.350. The summed E-state index contributed by atoms with van der Waals surface area (Å²) in [7, 11) is 0. The van der Waals surface area contributed by atoms with Crippen LogP contribution in [0.2, 0.25) is 0 Å². The Morgan fingerprint density at radius 1 is 1.28 bits per heavy atom. The topological polar surface area (TPSA) is 61.5 Å². The van der Waals surface area contributed by atoms with Gasteiger partial charge in [-0.05, 0) is 24.6 Å². The highest BCUT2D eigenvalue weighted by atomic mass is 32.1. The molecule has 18 heavy (non-hydrogen) atoms. The van der Waals surface area contributed by atoms with Crippen molar-refractivity contribution in [2.75, 3.05) is 19.8 Å². The number of hydrogen-bond acceptors (Lipinski definition) is 4.